The number of carbonyl (C=O) groups is 1. The molecule has 0 aliphatic heterocycles. The number of aromatic nitrogens is 2. The second kappa shape index (κ2) is 8.15. The molecule has 1 aromatic heterocycles. The summed E-state index contributed by atoms with van der Waals surface area (Å²) in [5.41, 5.74) is 4.04. The van der Waals surface area contributed by atoms with Gasteiger partial charge in [-0.15, -0.1) is 0 Å². The molecule has 3 aromatic rings. The maximum absolute atomic E-state index is 11.4. The number of ether oxygens (including phenoxy) is 1. The van der Waals surface area contributed by atoms with Crippen molar-refractivity contribution in [3.8, 4) is 11.6 Å². The highest BCUT2D eigenvalue weighted by molar-refractivity contribution is 7.98. The quantitative estimate of drug-likeness (QED) is 0.334. The summed E-state index contributed by atoms with van der Waals surface area (Å²) >= 11 is 1.59. The van der Waals surface area contributed by atoms with Gasteiger partial charge in [0.25, 0.3) is 0 Å². The number of Topliss-reactive ketones (excluding diaryl/α,β-unsaturated/α-hetero) is 1. The largest absolute Gasteiger partial charge is 0.439 e. The summed E-state index contributed by atoms with van der Waals surface area (Å²) in [5, 5.41) is 0.684. The van der Waals surface area contributed by atoms with Crippen LogP contribution in [0.1, 0.15) is 34.1 Å². The number of ketones is 1. The summed E-state index contributed by atoms with van der Waals surface area (Å²) in [4.78, 5) is 20.3. The predicted octanol–water partition coefficient (Wildman–Crippen LogP) is 5.38. The Morgan fingerprint density at radius 1 is 1.04 bits per heavy atom. The van der Waals surface area contributed by atoms with Gasteiger partial charge < -0.3 is 4.74 Å². The summed E-state index contributed by atoms with van der Waals surface area (Å²) in [6.45, 7) is 5.57. The Morgan fingerprint density at radius 3 is 2.46 bits per heavy atom. The number of hydrogen-bond acceptors (Lipinski definition) is 5. The molecule has 4 nitrogen and oxygen atoms in total. The molecule has 0 fully saturated rings. The van der Waals surface area contributed by atoms with E-state index in [9.17, 15) is 4.79 Å². The first-order valence-electron chi connectivity index (χ1n) is 8.33. The molecule has 1 heterocycles. The molecule has 0 unspecified atom stereocenters. The molecule has 2 aromatic carbocycles. The van der Waals surface area contributed by atoms with Crippen LogP contribution in [-0.2, 0) is 5.75 Å². The van der Waals surface area contributed by atoms with Crippen molar-refractivity contribution >= 4 is 17.5 Å². The van der Waals surface area contributed by atoms with Crippen LogP contribution in [0.15, 0.2) is 59.8 Å². The van der Waals surface area contributed by atoms with Gasteiger partial charge in [-0.25, -0.2) is 4.98 Å². The molecular weight excluding hydrogens is 344 g/mol. The summed E-state index contributed by atoms with van der Waals surface area (Å²) in [7, 11) is 0. The van der Waals surface area contributed by atoms with Gasteiger partial charge in [-0.05, 0) is 56.2 Å². The SMILES string of the molecule is CC(=O)c1ccc(Oc2cc(C)nc(SCc3ccccc3C)n2)cc1. The maximum atomic E-state index is 11.4. The molecule has 0 amide bonds. The minimum atomic E-state index is 0.0318. The van der Waals surface area contributed by atoms with Crippen LogP contribution in [0.25, 0.3) is 0 Å². The highest BCUT2D eigenvalue weighted by Gasteiger charge is 2.07. The first kappa shape index (κ1) is 18.1. The number of carbonyl (C=O) groups excluding carboxylic acids is 1. The van der Waals surface area contributed by atoms with Crippen LogP contribution >= 0.6 is 11.8 Å². The van der Waals surface area contributed by atoms with E-state index in [0.717, 1.165) is 11.4 Å². The van der Waals surface area contributed by atoms with Crippen molar-refractivity contribution in [3.05, 3.63) is 77.0 Å². The molecule has 0 N–H and O–H groups in total. The molecule has 0 spiro atoms. The highest BCUT2D eigenvalue weighted by atomic mass is 32.2. The standard InChI is InChI=1S/C21H20N2O2S/c1-14-6-4-5-7-18(14)13-26-21-22-15(2)12-20(23-21)25-19-10-8-17(9-11-19)16(3)24/h4-12H,13H2,1-3H3. The second-order valence-electron chi connectivity index (χ2n) is 6.03. The van der Waals surface area contributed by atoms with Crippen molar-refractivity contribution in [2.75, 3.05) is 0 Å². The van der Waals surface area contributed by atoms with E-state index in [0.29, 0.717) is 22.3 Å². The van der Waals surface area contributed by atoms with Crippen molar-refractivity contribution in [2.45, 2.75) is 31.7 Å². The molecule has 132 valence electrons. The fourth-order valence-corrected chi connectivity index (χ4v) is 3.39. The summed E-state index contributed by atoms with van der Waals surface area (Å²) < 4.78 is 5.83. The van der Waals surface area contributed by atoms with Crippen LogP contribution in [0.4, 0.5) is 0 Å². The highest BCUT2D eigenvalue weighted by Crippen LogP contribution is 2.26. The van der Waals surface area contributed by atoms with Crippen molar-refractivity contribution in [1.29, 1.82) is 0 Å². The van der Waals surface area contributed by atoms with Crippen molar-refractivity contribution in [1.82, 2.24) is 9.97 Å². The predicted molar refractivity (Wildman–Crippen MR) is 104 cm³/mol. The Kier molecular flexibility index (Phi) is 5.68. The number of thioether (sulfide) groups is 1. The van der Waals surface area contributed by atoms with E-state index in [1.54, 1.807) is 49.0 Å². The van der Waals surface area contributed by atoms with Crippen molar-refractivity contribution < 1.29 is 9.53 Å². The Hall–Kier alpha value is -2.66. The van der Waals surface area contributed by atoms with E-state index in [1.165, 1.54) is 11.1 Å². The minimum Gasteiger partial charge on any atom is -0.439 e. The lowest BCUT2D eigenvalue weighted by atomic mass is 10.1. The van der Waals surface area contributed by atoms with Crippen molar-refractivity contribution in [3.63, 3.8) is 0 Å². The lowest BCUT2D eigenvalue weighted by molar-refractivity contribution is 0.101. The van der Waals surface area contributed by atoms with Gasteiger partial charge in [0.15, 0.2) is 10.9 Å². The van der Waals surface area contributed by atoms with Gasteiger partial charge in [-0.3, -0.25) is 4.79 Å². The van der Waals surface area contributed by atoms with E-state index in [1.807, 2.05) is 19.1 Å². The van der Waals surface area contributed by atoms with Crippen LogP contribution in [-0.4, -0.2) is 15.8 Å². The fourth-order valence-electron chi connectivity index (χ4n) is 2.42. The zero-order chi connectivity index (χ0) is 18.5. The van der Waals surface area contributed by atoms with Crippen LogP contribution in [0, 0.1) is 13.8 Å². The van der Waals surface area contributed by atoms with Gasteiger partial charge in [0.1, 0.15) is 5.75 Å². The molecule has 3 rings (SSSR count). The number of hydrogen-bond donors (Lipinski definition) is 0. The number of rotatable bonds is 6. The van der Waals surface area contributed by atoms with E-state index in [4.69, 9.17) is 4.74 Å². The van der Waals surface area contributed by atoms with E-state index in [-0.39, 0.29) is 5.78 Å². The third-order valence-electron chi connectivity index (χ3n) is 3.91. The second-order valence-corrected chi connectivity index (χ2v) is 6.97. The van der Waals surface area contributed by atoms with Gasteiger partial charge in [-0.1, -0.05) is 36.0 Å². The molecule has 26 heavy (non-hydrogen) atoms. The first-order chi connectivity index (χ1) is 12.5. The third kappa shape index (κ3) is 4.70. The molecule has 5 heteroatoms. The lowest BCUT2D eigenvalue weighted by Crippen LogP contribution is -1.96. The van der Waals surface area contributed by atoms with E-state index < -0.39 is 0 Å². The first-order valence-corrected chi connectivity index (χ1v) is 9.31. The van der Waals surface area contributed by atoms with Crippen molar-refractivity contribution in [2.24, 2.45) is 0 Å². The lowest BCUT2D eigenvalue weighted by Gasteiger charge is -2.09. The van der Waals surface area contributed by atoms with Crippen LogP contribution in [0.5, 0.6) is 11.6 Å². The molecule has 0 radical (unpaired) electrons. The average molecular weight is 364 g/mol. The van der Waals surface area contributed by atoms with Gasteiger partial charge in [0, 0.05) is 23.1 Å². The Bertz CT molecular complexity index is 924. The summed E-state index contributed by atoms with van der Waals surface area (Å²) in [5.74, 6) is 1.98. The van der Waals surface area contributed by atoms with Gasteiger partial charge in [0.05, 0.1) is 0 Å². The van der Waals surface area contributed by atoms with Gasteiger partial charge >= 0.3 is 0 Å². The van der Waals surface area contributed by atoms with Crippen LogP contribution in [0.2, 0.25) is 0 Å². The number of nitrogens with zero attached hydrogens (tertiary/aromatic N) is 2. The molecule has 0 atom stereocenters. The molecule has 0 saturated heterocycles. The summed E-state index contributed by atoms with van der Waals surface area (Å²) in [6.07, 6.45) is 0. The average Bonchev–Trinajstić information content (AvgIpc) is 2.61. The molecular formula is C21H20N2O2S. The Morgan fingerprint density at radius 2 is 1.77 bits per heavy atom. The fraction of sp³-hybridized carbons (Fsp3) is 0.190. The smallest absolute Gasteiger partial charge is 0.223 e. The number of aryl methyl sites for hydroxylation is 2. The third-order valence-corrected chi connectivity index (χ3v) is 4.81. The molecule has 0 aliphatic carbocycles. The Labute approximate surface area is 157 Å². The zero-order valence-electron chi connectivity index (χ0n) is 15.0. The topological polar surface area (TPSA) is 52.1 Å². The maximum Gasteiger partial charge on any atom is 0.223 e. The normalized spacial score (nSPS) is 10.6. The molecule has 0 saturated carbocycles. The van der Waals surface area contributed by atoms with Gasteiger partial charge in [-0.2, -0.15) is 4.98 Å². The van der Waals surface area contributed by atoms with E-state index >= 15 is 0 Å². The van der Waals surface area contributed by atoms with Crippen LogP contribution < -0.4 is 4.74 Å². The number of benzene rings is 2. The molecule has 0 aliphatic rings. The zero-order valence-corrected chi connectivity index (χ0v) is 15.8. The minimum absolute atomic E-state index is 0.0318. The molecule has 0 bridgehead atoms. The monoisotopic (exact) mass is 364 g/mol. The summed E-state index contributed by atoms with van der Waals surface area (Å²) in [6, 6.07) is 17.1. The van der Waals surface area contributed by atoms with Crippen LogP contribution in [0.3, 0.4) is 0 Å². The van der Waals surface area contributed by atoms with E-state index in [2.05, 4.69) is 29.0 Å². The van der Waals surface area contributed by atoms with Gasteiger partial charge in [0.2, 0.25) is 5.88 Å². The Balaban J connectivity index is 1.73.